The Labute approximate surface area is 112 Å². The van der Waals surface area contributed by atoms with E-state index in [0.29, 0.717) is 12.0 Å². The molecule has 0 saturated carbocycles. The highest BCUT2D eigenvalue weighted by molar-refractivity contribution is 9.08. The minimum atomic E-state index is 0.505. The van der Waals surface area contributed by atoms with E-state index < -0.39 is 0 Å². The van der Waals surface area contributed by atoms with Gasteiger partial charge in [-0.3, -0.25) is 0 Å². The van der Waals surface area contributed by atoms with Crippen LogP contribution in [0.25, 0.3) is 0 Å². The van der Waals surface area contributed by atoms with E-state index in [4.69, 9.17) is 11.6 Å². The molecule has 1 rings (SSSR count). The Morgan fingerprint density at radius 2 is 1.94 bits per heavy atom. The third-order valence-corrected chi connectivity index (χ3v) is 4.12. The smallest absolute Gasteiger partial charge is 0.0467 e. The molecule has 0 fully saturated rings. The number of hydrogen-bond acceptors (Lipinski definition) is 1. The van der Waals surface area contributed by atoms with Crippen LogP contribution in [0, 0.1) is 5.92 Å². The lowest BCUT2D eigenvalue weighted by molar-refractivity contribution is 0.505. The van der Waals surface area contributed by atoms with Crippen LogP contribution in [-0.4, -0.2) is 13.1 Å². The molecule has 0 bridgehead atoms. The molecular weight excluding hydrogens is 286 g/mol. The van der Waals surface area contributed by atoms with Crippen LogP contribution >= 0.6 is 27.5 Å². The van der Waals surface area contributed by atoms with Crippen LogP contribution < -0.4 is 4.90 Å². The largest absolute Gasteiger partial charge is 0.372 e. The fourth-order valence-corrected chi connectivity index (χ4v) is 2.44. The quantitative estimate of drug-likeness (QED) is 0.728. The highest BCUT2D eigenvalue weighted by Gasteiger charge is 2.14. The molecule has 0 aromatic heterocycles. The van der Waals surface area contributed by atoms with Crippen LogP contribution in [0.5, 0.6) is 0 Å². The summed E-state index contributed by atoms with van der Waals surface area (Å²) in [6.45, 7) is 6.70. The molecule has 0 heterocycles. The van der Waals surface area contributed by atoms with Crippen molar-refractivity contribution in [1.82, 2.24) is 0 Å². The summed E-state index contributed by atoms with van der Waals surface area (Å²) in [7, 11) is 2.12. The molecule has 0 radical (unpaired) electrons. The van der Waals surface area contributed by atoms with Gasteiger partial charge >= 0.3 is 0 Å². The second kappa shape index (κ2) is 5.92. The van der Waals surface area contributed by atoms with Gasteiger partial charge in [-0.15, -0.1) is 0 Å². The highest BCUT2D eigenvalue weighted by atomic mass is 79.9. The van der Waals surface area contributed by atoms with E-state index in [9.17, 15) is 0 Å². The van der Waals surface area contributed by atoms with E-state index >= 15 is 0 Å². The van der Waals surface area contributed by atoms with Crippen molar-refractivity contribution in [3.05, 3.63) is 28.8 Å². The Hall–Kier alpha value is -0.210. The predicted molar refractivity (Wildman–Crippen MR) is 76.8 cm³/mol. The van der Waals surface area contributed by atoms with Crippen molar-refractivity contribution in [1.29, 1.82) is 0 Å². The fourth-order valence-electron chi connectivity index (χ4n) is 1.55. The van der Waals surface area contributed by atoms with Gasteiger partial charge in [-0.05, 0) is 30.5 Å². The molecular formula is C13H19BrClN. The molecule has 1 aromatic rings. The van der Waals surface area contributed by atoms with E-state index in [0.717, 1.165) is 15.9 Å². The Kier molecular flexibility index (Phi) is 5.13. The molecule has 0 aliphatic rings. The minimum absolute atomic E-state index is 0.505. The summed E-state index contributed by atoms with van der Waals surface area (Å²) in [6, 6.07) is 6.75. The fraction of sp³-hybridized carbons (Fsp3) is 0.538. The molecule has 1 nitrogen and oxygen atoms in total. The summed E-state index contributed by atoms with van der Waals surface area (Å²) in [5.41, 5.74) is 2.31. The molecule has 16 heavy (non-hydrogen) atoms. The predicted octanol–water partition coefficient (Wildman–Crippen LogP) is 4.72. The highest BCUT2D eigenvalue weighted by Crippen LogP contribution is 2.26. The van der Waals surface area contributed by atoms with E-state index in [-0.39, 0.29) is 0 Å². The average molecular weight is 305 g/mol. The molecule has 0 N–H and O–H groups in total. The van der Waals surface area contributed by atoms with E-state index in [1.165, 1.54) is 5.69 Å². The lowest BCUT2D eigenvalue weighted by Crippen LogP contribution is -2.33. The Morgan fingerprint density at radius 3 is 2.38 bits per heavy atom. The summed E-state index contributed by atoms with van der Waals surface area (Å²) >= 11 is 9.63. The zero-order valence-corrected chi connectivity index (χ0v) is 12.6. The lowest BCUT2D eigenvalue weighted by Gasteiger charge is -2.30. The third-order valence-electron chi connectivity index (χ3n) is 3.16. The van der Waals surface area contributed by atoms with E-state index in [1.807, 2.05) is 6.07 Å². The lowest BCUT2D eigenvalue weighted by atomic mass is 10.0. The van der Waals surface area contributed by atoms with E-state index in [1.54, 1.807) is 0 Å². The van der Waals surface area contributed by atoms with Gasteiger partial charge in [0.2, 0.25) is 0 Å². The first-order valence-corrected chi connectivity index (χ1v) is 7.04. The molecule has 1 atom stereocenters. The van der Waals surface area contributed by atoms with Gasteiger partial charge in [-0.2, -0.15) is 0 Å². The van der Waals surface area contributed by atoms with Gasteiger partial charge in [-0.25, -0.2) is 0 Å². The maximum atomic E-state index is 6.20. The molecule has 0 saturated heterocycles. The number of alkyl halides is 1. The number of nitrogens with zero attached hydrogens (tertiary/aromatic N) is 1. The molecule has 0 aliphatic heterocycles. The van der Waals surface area contributed by atoms with Crippen LogP contribution in [0.2, 0.25) is 5.02 Å². The van der Waals surface area contributed by atoms with Gasteiger partial charge in [0.05, 0.1) is 0 Å². The summed E-state index contributed by atoms with van der Waals surface area (Å²) in [4.78, 5) is 2.27. The second-order valence-corrected chi connectivity index (χ2v) is 5.47. The van der Waals surface area contributed by atoms with Crippen LogP contribution in [0.3, 0.4) is 0 Å². The molecule has 0 amide bonds. The molecule has 3 heteroatoms. The standard InChI is InChI=1S/C13H19BrClN/c1-9(2)10(3)16(4)12-6-5-11(8-14)13(15)7-12/h5-7,9-10H,8H2,1-4H3. The number of halogens is 2. The van der Waals surface area contributed by atoms with Gasteiger partial charge in [0.1, 0.15) is 0 Å². The van der Waals surface area contributed by atoms with Crippen LogP contribution in [0.15, 0.2) is 18.2 Å². The maximum absolute atomic E-state index is 6.20. The van der Waals surface area contributed by atoms with Crippen molar-refractivity contribution < 1.29 is 0 Å². The Balaban J connectivity index is 2.92. The van der Waals surface area contributed by atoms with Gasteiger partial charge in [0.25, 0.3) is 0 Å². The normalized spacial score (nSPS) is 12.9. The molecule has 0 spiro atoms. The molecule has 90 valence electrons. The molecule has 0 aliphatic carbocycles. The van der Waals surface area contributed by atoms with Gasteiger partial charge < -0.3 is 4.90 Å². The third kappa shape index (κ3) is 3.14. The van der Waals surface area contributed by atoms with Crippen molar-refractivity contribution >= 4 is 33.2 Å². The topological polar surface area (TPSA) is 3.24 Å². The minimum Gasteiger partial charge on any atom is -0.372 e. The second-order valence-electron chi connectivity index (χ2n) is 4.50. The first kappa shape index (κ1) is 13.9. The van der Waals surface area contributed by atoms with Crippen molar-refractivity contribution in [2.75, 3.05) is 11.9 Å². The Bertz CT molecular complexity index is 352. The summed E-state index contributed by atoms with van der Waals surface area (Å²) in [5.74, 6) is 0.625. The Morgan fingerprint density at radius 1 is 1.31 bits per heavy atom. The van der Waals surface area contributed by atoms with Gasteiger partial charge in [0.15, 0.2) is 0 Å². The van der Waals surface area contributed by atoms with Crippen molar-refractivity contribution in [3.63, 3.8) is 0 Å². The zero-order valence-electron chi connectivity index (χ0n) is 10.3. The first-order chi connectivity index (χ1) is 7.47. The SMILES string of the molecule is CC(C)C(C)N(C)c1ccc(CBr)c(Cl)c1. The molecule has 1 aromatic carbocycles. The summed E-state index contributed by atoms with van der Waals surface area (Å²) in [6.07, 6.45) is 0. The van der Waals surface area contributed by atoms with Crippen molar-refractivity contribution in [2.24, 2.45) is 5.92 Å². The summed E-state index contributed by atoms with van der Waals surface area (Å²) in [5, 5.41) is 1.63. The average Bonchev–Trinajstić information content (AvgIpc) is 2.26. The number of anilines is 1. The van der Waals surface area contributed by atoms with Crippen LogP contribution in [-0.2, 0) is 5.33 Å². The van der Waals surface area contributed by atoms with Gasteiger partial charge in [-0.1, -0.05) is 47.4 Å². The van der Waals surface area contributed by atoms with Crippen LogP contribution in [0.1, 0.15) is 26.3 Å². The summed E-state index contributed by atoms with van der Waals surface area (Å²) < 4.78 is 0. The van der Waals surface area contributed by atoms with Crippen LogP contribution in [0.4, 0.5) is 5.69 Å². The number of hydrogen-bond donors (Lipinski definition) is 0. The van der Waals surface area contributed by atoms with E-state index in [2.05, 4.69) is 60.8 Å². The number of rotatable bonds is 4. The number of benzene rings is 1. The van der Waals surface area contributed by atoms with Crippen molar-refractivity contribution in [2.45, 2.75) is 32.1 Å². The first-order valence-electron chi connectivity index (χ1n) is 5.54. The maximum Gasteiger partial charge on any atom is 0.0467 e. The zero-order chi connectivity index (χ0) is 12.3. The van der Waals surface area contributed by atoms with Crippen molar-refractivity contribution in [3.8, 4) is 0 Å². The monoisotopic (exact) mass is 303 g/mol. The van der Waals surface area contributed by atoms with Gasteiger partial charge in [0, 0.05) is 29.1 Å². The molecule has 1 unspecified atom stereocenters.